The van der Waals surface area contributed by atoms with Crippen LogP contribution in [-0.2, 0) is 16.0 Å². The van der Waals surface area contributed by atoms with Gasteiger partial charge in [-0.05, 0) is 18.6 Å². The number of fused-ring (bicyclic) bond motifs is 2. The molecule has 1 aromatic carbocycles. The van der Waals surface area contributed by atoms with Crippen molar-refractivity contribution in [2.75, 3.05) is 32.9 Å². The van der Waals surface area contributed by atoms with Crippen molar-refractivity contribution in [2.45, 2.75) is 19.3 Å². The van der Waals surface area contributed by atoms with E-state index in [0.717, 1.165) is 16.9 Å². The molecule has 2 atom stereocenters. The lowest BCUT2D eigenvalue weighted by atomic mass is 9.75. The van der Waals surface area contributed by atoms with Gasteiger partial charge in [0, 0.05) is 43.9 Å². The van der Waals surface area contributed by atoms with Crippen LogP contribution >= 0.6 is 11.3 Å². The Bertz CT molecular complexity index is 714. The summed E-state index contributed by atoms with van der Waals surface area (Å²) in [6.07, 6.45) is 2.01. The van der Waals surface area contributed by atoms with Crippen LogP contribution < -0.4 is 0 Å². The Hall–Kier alpha value is -1.50. The van der Waals surface area contributed by atoms with Crippen molar-refractivity contribution >= 4 is 27.5 Å². The summed E-state index contributed by atoms with van der Waals surface area (Å²) in [5, 5.41) is 10.9. The summed E-state index contributed by atoms with van der Waals surface area (Å²) in [5.74, 6) is 0.430. The third kappa shape index (κ3) is 2.83. The van der Waals surface area contributed by atoms with Gasteiger partial charge in [0.2, 0.25) is 5.91 Å². The van der Waals surface area contributed by atoms with Crippen molar-refractivity contribution in [3.63, 3.8) is 0 Å². The zero-order chi connectivity index (χ0) is 16.6. The fraction of sp³-hybridized carbons (Fsp3) is 0.556. The molecule has 4 rings (SSSR count). The van der Waals surface area contributed by atoms with Gasteiger partial charge in [-0.3, -0.25) is 4.79 Å². The number of thiazole rings is 1. The van der Waals surface area contributed by atoms with Crippen LogP contribution in [0.25, 0.3) is 10.2 Å². The molecule has 0 unspecified atom stereocenters. The van der Waals surface area contributed by atoms with Crippen molar-refractivity contribution in [3.8, 4) is 0 Å². The minimum atomic E-state index is -0.149. The number of aliphatic hydroxyl groups is 1. The van der Waals surface area contributed by atoms with Gasteiger partial charge in [-0.25, -0.2) is 4.98 Å². The number of ether oxygens (including phenoxy) is 1. The number of carbonyl (C=O) groups is 1. The quantitative estimate of drug-likeness (QED) is 0.921. The molecule has 2 fully saturated rings. The van der Waals surface area contributed by atoms with Crippen molar-refractivity contribution in [2.24, 2.45) is 11.3 Å². The summed E-state index contributed by atoms with van der Waals surface area (Å²) < 4.78 is 6.71. The second-order valence-electron chi connectivity index (χ2n) is 6.89. The number of hydrogen-bond donors (Lipinski definition) is 1. The topological polar surface area (TPSA) is 62.7 Å². The highest BCUT2D eigenvalue weighted by Crippen LogP contribution is 2.41. The van der Waals surface area contributed by atoms with Crippen LogP contribution in [0.2, 0.25) is 0 Å². The first-order valence-corrected chi connectivity index (χ1v) is 9.33. The number of aromatic nitrogens is 1. The number of likely N-dealkylation sites (tertiary alicyclic amines) is 1. The molecule has 1 N–H and O–H groups in total. The van der Waals surface area contributed by atoms with Crippen LogP contribution in [-0.4, -0.2) is 53.8 Å². The molecule has 1 aromatic heterocycles. The maximum Gasteiger partial charge on any atom is 0.223 e. The third-order valence-corrected chi connectivity index (χ3v) is 6.53. The zero-order valence-electron chi connectivity index (χ0n) is 13.6. The first-order valence-electron chi connectivity index (χ1n) is 8.51. The molecule has 0 radical (unpaired) electrons. The second-order valence-corrected chi connectivity index (χ2v) is 8.01. The summed E-state index contributed by atoms with van der Waals surface area (Å²) in [5.41, 5.74) is 0.859. The highest BCUT2D eigenvalue weighted by atomic mass is 32.1. The van der Waals surface area contributed by atoms with Crippen LogP contribution in [0.4, 0.5) is 0 Å². The van der Waals surface area contributed by atoms with Crippen molar-refractivity contribution in [1.82, 2.24) is 9.88 Å². The summed E-state index contributed by atoms with van der Waals surface area (Å²) in [6.45, 7) is 2.85. The van der Waals surface area contributed by atoms with Gasteiger partial charge in [0.1, 0.15) is 0 Å². The monoisotopic (exact) mass is 346 g/mol. The van der Waals surface area contributed by atoms with E-state index in [1.54, 1.807) is 11.3 Å². The molecular weight excluding hydrogens is 324 g/mol. The van der Waals surface area contributed by atoms with Crippen LogP contribution in [0.3, 0.4) is 0 Å². The number of hydrogen-bond acceptors (Lipinski definition) is 5. The zero-order valence-corrected chi connectivity index (χ0v) is 14.4. The van der Waals surface area contributed by atoms with Crippen molar-refractivity contribution in [1.29, 1.82) is 0 Å². The lowest BCUT2D eigenvalue weighted by Crippen LogP contribution is -2.41. The molecule has 0 spiro atoms. The predicted molar refractivity (Wildman–Crippen MR) is 93.0 cm³/mol. The second kappa shape index (κ2) is 6.43. The first-order chi connectivity index (χ1) is 11.7. The lowest BCUT2D eigenvalue weighted by Gasteiger charge is -2.36. The molecule has 6 heteroatoms. The van der Waals surface area contributed by atoms with Gasteiger partial charge >= 0.3 is 0 Å². The molecule has 1 amide bonds. The molecule has 2 aliphatic rings. The average Bonchev–Trinajstić information content (AvgIpc) is 3.21. The summed E-state index contributed by atoms with van der Waals surface area (Å²) in [4.78, 5) is 19.1. The molecule has 24 heavy (non-hydrogen) atoms. The first kappa shape index (κ1) is 16.0. The van der Waals surface area contributed by atoms with E-state index in [2.05, 4.69) is 11.1 Å². The molecule has 128 valence electrons. The molecule has 2 saturated heterocycles. The van der Waals surface area contributed by atoms with E-state index in [9.17, 15) is 9.90 Å². The number of carbonyl (C=O) groups excluding carboxylic acids is 1. The standard InChI is InChI=1S/C18H22N2O3S/c21-12-18-7-8-23-10-13(18)9-20(11-18)17(22)6-5-16-19-14-3-1-2-4-15(14)24-16/h1-4,13,21H,5-12H2/t13-,18-/m1/s1. The normalized spacial score (nSPS) is 26.7. The molecule has 2 aliphatic heterocycles. The fourth-order valence-corrected chi connectivity index (χ4v) is 4.86. The molecule has 0 saturated carbocycles. The van der Waals surface area contributed by atoms with Gasteiger partial charge in [-0.2, -0.15) is 0 Å². The minimum Gasteiger partial charge on any atom is -0.396 e. The highest BCUT2D eigenvalue weighted by Gasteiger charge is 2.49. The molecule has 5 nitrogen and oxygen atoms in total. The van der Waals surface area contributed by atoms with Crippen molar-refractivity contribution < 1.29 is 14.6 Å². The van der Waals surface area contributed by atoms with E-state index >= 15 is 0 Å². The third-order valence-electron chi connectivity index (χ3n) is 5.43. The van der Waals surface area contributed by atoms with E-state index in [-0.39, 0.29) is 23.8 Å². The Kier molecular flexibility index (Phi) is 4.28. The van der Waals surface area contributed by atoms with E-state index in [1.807, 2.05) is 23.1 Å². The van der Waals surface area contributed by atoms with Crippen LogP contribution in [0.5, 0.6) is 0 Å². The number of benzene rings is 1. The number of nitrogens with zero attached hydrogens (tertiary/aromatic N) is 2. The number of amides is 1. The Balaban J connectivity index is 1.39. The Morgan fingerprint density at radius 3 is 3.12 bits per heavy atom. The van der Waals surface area contributed by atoms with Gasteiger partial charge in [0.05, 0.1) is 28.4 Å². The van der Waals surface area contributed by atoms with Gasteiger partial charge in [-0.1, -0.05) is 12.1 Å². The number of aliphatic hydroxyl groups excluding tert-OH is 1. The summed E-state index contributed by atoms with van der Waals surface area (Å²) >= 11 is 1.66. The Morgan fingerprint density at radius 1 is 1.46 bits per heavy atom. The maximum absolute atomic E-state index is 12.6. The summed E-state index contributed by atoms with van der Waals surface area (Å²) in [6, 6.07) is 8.07. The Labute approximate surface area is 145 Å². The Morgan fingerprint density at radius 2 is 2.33 bits per heavy atom. The molecule has 0 aliphatic carbocycles. The van der Waals surface area contributed by atoms with Gasteiger partial charge in [0.15, 0.2) is 0 Å². The van der Waals surface area contributed by atoms with E-state index in [0.29, 0.717) is 39.1 Å². The van der Waals surface area contributed by atoms with Crippen LogP contribution in [0.1, 0.15) is 17.8 Å². The van der Waals surface area contributed by atoms with E-state index < -0.39 is 0 Å². The highest BCUT2D eigenvalue weighted by molar-refractivity contribution is 7.18. The smallest absolute Gasteiger partial charge is 0.223 e. The number of rotatable bonds is 4. The van der Waals surface area contributed by atoms with Crippen molar-refractivity contribution in [3.05, 3.63) is 29.3 Å². The van der Waals surface area contributed by atoms with E-state index in [4.69, 9.17) is 4.74 Å². The van der Waals surface area contributed by atoms with Gasteiger partial charge < -0.3 is 14.7 Å². The minimum absolute atomic E-state index is 0.142. The predicted octanol–water partition coefficient (Wildman–Crippen LogP) is 2.09. The molecular formula is C18H22N2O3S. The van der Waals surface area contributed by atoms with E-state index in [1.165, 1.54) is 4.70 Å². The van der Waals surface area contributed by atoms with Gasteiger partial charge in [-0.15, -0.1) is 11.3 Å². The molecule has 3 heterocycles. The van der Waals surface area contributed by atoms with Crippen LogP contribution in [0.15, 0.2) is 24.3 Å². The SMILES string of the molecule is O=C(CCc1nc2ccccc2s1)N1C[C@@H]2COCC[C@]2(CO)C1. The van der Waals surface area contributed by atoms with Crippen LogP contribution in [0, 0.1) is 11.3 Å². The fourth-order valence-electron chi connectivity index (χ4n) is 3.89. The maximum atomic E-state index is 12.6. The summed E-state index contributed by atoms with van der Waals surface area (Å²) in [7, 11) is 0. The number of para-hydroxylation sites is 1. The molecule has 2 aromatic rings. The van der Waals surface area contributed by atoms with Gasteiger partial charge in [0.25, 0.3) is 0 Å². The molecule has 0 bridgehead atoms. The number of aryl methyl sites for hydroxylation is 1. The largest absolute Gasteiger partial charge is 0.396 e. The average molecular weight is 346 g/mol. The lowest BCUT2D eigenvalue weighted by molar-refractivity contribution is -0.130.